The fourth-order valence-electron chi connectivity index (χ4n) is 2.18. The van der Waals surface area contributed by atoms with Crippen molar-refractivity contribution in [2.45, 2.75) is 10.3 Å². The summed E-state index contributed by atoms with van der Waals surface area (Å²) in [5.74, 6) is 0.110. The van der Waals surface area contributed by atoms with Crippen LogP contribution >= 0.6 is 11.8 Å². The van der Waals surface area contributed by atoms with Crippen molar-refractivity contribution >= 4 is 17.7 Å². The first kappa shape index (κ1) is 11.4. The van der Waals surface area contributed by atoms with E-state index in [9.17, 15) is 4.79 Å². The van der Waals surface area contributed by atoms with Gasteiger partial charge in [0, 0.05) is 17.5 Å². The van der Waals surface area contributed by atoms with E-state index in [-0.39, 0.29) is 11.3 Å². The number of carbonyl (C=O) groups is 1. The van der Waals surface area contributed by atoms with Crippen molar-refractivity contribution in [3.8, 4) is 0 Å². The summed E-state index contributed by atoms with van der Waals surface area (Å²) in [4.78, 5) is 15.1. The molecule has 18 heavy (non-hydrogen) atoms. The van der Waals surface area contributed by atoms with Crippen LogP contribution in [-0.2, 0) is 0 Å². The van der Waals surface area contributed by atoms with Gasteiger partial charge in [-0.25, -0.2) is 0 Å². The molecule has 1 amide bonds. The molecule has 2 nitrogen and oxygen atoms in total. The molecule has 3 heteroatoms. The number of carbonyl (C=O) groups excluding carboxylic acids is 1. The van der Waals surface area contributed by atoms with Gasteiger partial charge in [-0.3, -0.25) is 4.79 Å². The van der Waals surface area contributed by atoms with Crippen LogP contribution in [0.1, 0.15) is 21.3 Å². The molecule has 0 aromatic heterocycles. The molecule has 1 atom stereocenters. The highest BCUT2D eigenvalue weighted by Crippen LogP contribution is 2.43. The zero-order chi connectivity index (χ0) is 12.5. The second-order valence-corrected chi connectivity index (χ2v) is 5.44. The van der Waals surface area contributed by atoms with Crippen molar-refractivity contribution in [1.29, 1.82) is 0 Å². The standard InChI is InChI=1S/C15H13NOS/c1-16-14(17)12-9-5-6-10-13(12)15(16)18-11-7-3-2-4-8-11/h2-10,15H,1H3. The highest BCUT2D eigenvalue weighted by molar-refractivity contribution is 7.99. The Hall–Kier alpha value is -1.74. The van der Waals surface area contributed by atoms with Gasteiger partial charge < -0.3 is 4.90 Å². The van der Waals surface area contributed by atoms with Crippen LogP contribution in [0.2, 0.25) is 0 Å². The summed E-state index contributed by atoms with van der Waals surface area (Å²) in [6.07, 6.45) is 0. The topological polar surface area (TPSA) is 20.3 Å². The first-order chi connectivity index (χ1) is 8.77. The van der Waals surface area contributed by atoms with Crippen molar-refractivity contribution in [2.24, 2.45) is 0 Å². The summed E-state index contributed by atoms with van der Waals surface area (Å²) in [6, 6.07) is 18.0. The fraction of sp³-hybridized carbons (Fsp3) is 0.133. The minimum absolute atomic E-state index is 0.0797. The summed E-state index contributed by atoms with van der Waals surface area (Å²) in [5, 5.41) is 0.0797. The van der Waals surface area contributed by atoms with E-state index in [1.54, 1.807) is 11.8 Å². The average Bonchev–Trinajstić information content (AvgIpc) is 2.66. The molecule has 90 valence electrons. The summed E-state index contributed by atoms with van der Waals surface area (Å²) in [7, 11) is 1.86. The smallest absolute Gasteiger partial charge is 0.255 e. The molecule has 1 aliphatic rings. The molecule has 1 unspecified atom stereocenters. The van der Waals surface area contributed by atoms with E-state index in [0.717, 1.165) is 11.1 Å². The molecular weight excluding hydrogens is 242 g/mol. The van der Waals surface area contributed by atoms with Gasteiger partial charge in [-0.1, -0.05) is 48.2 Å². The second kappa shape index (κ2) is 4.50. The molecule has 0 N–H and O–H groups in total. The van der Waals surface area contributed by atoms with Gasteiger partial charge in [0.15, 0.2) is 0 Å². The predicted octanol–water partition coefficient (Wildman–Crippen LogP) is 3.56. The Balaban J connectivity index is 1.96. The van der Waals surface area contributed by atoms with E-state index in [0.29, 0.717) is 0 Å². The lowest BCUT2D eigenvalue weighted by Crippen LogP contribution is -2.21. The van der Waals surface area contributed by atoms with Gasteiger partial charge in [0.25, 0.3) is 5.91 Å². The Morgan fingerprint density at radius 2 is 1.67 bits per heavy atom. The molecule has 0 aliphatic carbocycles. The van der Waals surface area contributed by atoms with Crippen LogP contribution in [0.3, 0.4) is 0 Å². The Morgan fingerprint density at radius 1 is 1.00 bits per heavy atom. The summed E-state index contributed by atoms with van der Waals surface area (Å²) < 4.78 is 0. The number of thioether (sulfide) groups is 1. The summed E-state index contributed by atoms with van der Waals surface area (Å²) in [6.45, 7) is 0. The third kappa shape index (κ3) is 1.81. The van der Waals surface area contributed by atoms with E-state index in [1.807, 2.05) is 54.4 Å². The van der Waals surface area contributed by atoms with Crippen molar-refractivity contribution in [3.63, 3.8) is 0 Å². The summed E-state index contributed by atoms with van der Waals surface area (Å²) in [5.41, 5.74) is 1.94. The number of amides is 1. The lowest BCUT2D eigenvalue weighted by atomic mass is 10.1. The van der Waals surface area contributed by atoms with Gasteiger partial charge in [0.1, 0.15) is 5.37 Å². The molecule has 0 spiro atoms. The van der Waals surface area contributed by atoms with Gasteiger partial charge in [-0.2, -0.15) is 0 Å². The minimum atomic E-state index is 0.0797. The van der Waals surface area contributed by atoms with Crippen LogP contribution in [0.15, 0.2) is 59.5 Å². The monoisotopic (exact) mass is 255 g/mol. The Morgan fingerprint density at radius 3 is 2.44 bits per heavy atom. The zero-order valence-electron chi connectivity index (χ0n) is 10.0. The molecule has 2 aromatic carbocycles. The Bertz CT molecular complexity index is 582. The van der Waals surface area contributed by atoms with Crippen LogP contribution in [-0.4, -0.2) is 17.9 Å². The predicted molar refractivity (Wildman–Crippen MR) is 73.6 cm³/mol. The normalized spacial score (nSPS) is 17.9. The Kier molecular flexibility index (Phi) is 2.84. The maximum atomic E-state index is 12.1. The van der Waals surface area contributed by atoms with E-state index >= 15 is 0 Å². The van der Waals surface area contributed by atoms with E-state index in [2.05, 4.69) is 12.1 Å². The minimum Gasteiger partial charge on any atom is -0.325 e. The molecule has 1 aliphatic heterocycles. The van der Waals surface area contributed by atoms with Crippen LogP contribution in [0.4, 0.5) is 0 Å². The van der Waals surface area contributed by atoms with Crippen molar-refractivity contribution < 1.29 is 4.79 Å². The van der Waals surface area contributed by atoms with E-state index in [4.69, 9.17) is 0 Å². The van der Waals surface area contributed by atoms with Crippen molar-refractivity contribution in [1.82, 2.24) is 4.90 Å². The molecule has 3 rings (SSSR count). The quantitative estimate of drug-likeness (QED) is 0.817. The molecule has 2 aromatic rings. The maximum Gasteiger partial charge on any atom is 0.255 e. The van der Waals surface area contributed by atoms with Crippen molar-refractivity contribution in [3.05, 3.63) is 65.7 Å². The SMILES string of the molecule is CN1C(=O)c2ccccc2C1Sc1ccccc1. The van der Waals surface area contributed by atoms with Crippen LogP contribution in [0.5, 0.6) is 0 Å². The Labute approximate surface area is 111 Å². The molecule has 0 radical (unpaired) electrons. The molecule has 0 saturated carbocycles. The van der Waals surface area contributed by atoms with Gasteiger partial charge in [0.2, 0.25) is 0 Å². The summed E-state index contributed by atoms with van der Waals surface area (Å²) >= 11 is 1.71. The molecule has 1 heterocycles. The van der Waals surface area contributed by atoms with Gasteiger partial charge in [0.05, 0.1) is 0 Å². The van der Waals surface area contributed by atoms with Crippen LogP contribution in [0.25, 0.3) is 0 Å². The lowest BCUT2D eigenvalue weighted by Gasteiger charge is -2.20. The zero-order valence-corrected chi connectivity index (χ0v) is 10.9. The molecular formula is C15H13NOS. The highest BCUT2D eigenvalue weighted by Gasteiger charge is 2.34. The first-order valence-corrected chi connectivity index (χ1v) is 6.73. The largest absolute Gasteiger partial charge is 0.325 e. The number of fused-ring (bicyclic) bond motifs is 1. The molecule has 0 saturated heterocycles. The lowest BCUT2D eigenvalue weighted by molar-refractivity contribution is 0.0812. The second-order valence-electron chi connectivity index (χ2n) is 4.29. The highest BCUT2D eigenvalue weighted by atomic mass is 32.2. The third-order valence-corrected chi connectivity index (χ3v) is 4.46. The first-order valence-electron chi connectivity index (χ1n) is 5.85. The number of nitrogens with zero attached hydrogens (tertiary/aromatic N) is 1. The fourth-order valence-corrected chi connectivity index (χ4v) is 3.34. The number of rotatable bonds is 2. The molecule has 0 fully saturated rings. The van der Waals surface area contributed by atoms with Crippen molar-refractivity contribution in [2.75, 3.05) is 7.05 Å². The third-order valence-electron chi connectivity index (χ3n) is 3.12. The van der Waals surface area contributed by atoms with Gasteiger partial charge in [-0.15, -0.1) is 0 Å². The van der Waals surface area contributed by atoms with Gasteiger partial charge >= 0.3 is 0 Å². The maximum absolute atomic E-state index is 12.1. The van der Waals surface area contributed by atoms with Crippen LogP contribution in [0, 0.1) is 0 Å². The molecule has 0 bridgehead atoms. The van der Waals surface area contributed by atoms with Crippen LogP contribution < -0.4 is 0 Å². The average molecular weight is 255 g/mol. The van der Waals surface area contributed by atoms with Gasteiger partial charge in [-0.05, 0) is 23.8 Å². The van der Waals surface area contributed by atoms with E-state index < -0.39 is 0 Å². The number of hydrogen-bond donors (Lipinski definition) is 0. The number of benzene rings is 2. The van der Waals surface area contributed by atoms with E-state index in [1.165, 1.54) is 4.90 Å². The number of hydrogen-bond acceptors (Lipinski definition) is 2.